The number of amides is 2. The molecule has 8 nitrogen and oxygen atoms in total. The first-order valence-corrected chi connectivity index (χ1v) is 8.94. The number of nitrogens with zero attached hydrogens (tertiary/aromatic N) is 2. The van der Waals surface area contributed by atoms with Crippen LogP contribution in [0.15, 0.2) is 67.3 Å². The van der Waals surface area contributed by atoms with Crippen LogP contribution < -0.4 is 21.3 Å². The zero-order valence-electron chi connectivity index (χ0n) is 15.4. The van der Waals surface area contributed by atoms with E-state index in [0.29, 0.717) is 40.9 Å². The van der Waals surface area contributed by atoms with Crippen molar-refractivity contribution in [1.82, 2.24) is 15.3 Å². The highest BCUT2D eigenvalue weighted by Gasteiger charge is 2.26. The van der Waals surface area contributed by atoms with Gasteiger partial charge in [-0.2, -0.15) is 4.98 Å². The van der Waals surface area contributed by atoms with Crippen molar-refractivity contribution in [2.75, 3.05) is 16.0 Å². The maximum Gasteiger partial charge on any atom is 0.257 e. The van der Waals surface area contributed by atoms with E-state index < -0.39 is 0 Å². The van der Waals surface area contributed by atoms with Crippen molar-refractivity contribution in [1.29, 1.82) is 0 Å². The third-order valence-electron chi connectivity index (χ3n) is 4.24. The first kappa shape index (κ1) is 18.2. The van der Waals surface area contributed by atoms with Gasteiger partial charge in [0.25, 0.3) is 5.91 Å². The number of hydrogen-bond acceptors (Lipinski definition) is 6. The third-order valence-corrected chi connectivity index (χ3v) is 4.24. The lowest BCUT2D eigenvalue weighted by molar-refractivity contribution is -0.111. The highest BCUT2D eigenvalue weighted by atomic mass is 16.2. The first-order valence-electron chi connectivity index (χ1n) is 8.94. The Morgan fingerprint density at radius 1 is 1.00 bits per heavy atom. The lowest BCUT2D eigenvalue weighted by Crippen LogP contribution is -2.14. The third kappa shape index (κ3) is 4.06. The standard InChI is InChI=1S/C21H18N6O2/c1-2-17(28)23-14-9-6-10-15(11-14)25-21-26-16-12-22-20(29)18(16)19(27-21)24-13-7-4-3-5-8-13/h2-11H,1,12H2,(H,22,29)(H,23,28)(H2,24,25,26,27). The van der Waals surface area contributed by atoms with Gasteiger partial charge in [0.2, 0.25) is 11.9 Å². The highest BCUT2D eigenvalue weighted by Crippen LogP contribution is 2.27. The minimum Gasteiger partial charge on any atom is -0.346 e. The number of hydrogen-bond donors (Lipinski definition) is 4. The zero-order valence-corrected chi connectivity index (χ0v) is 15.4. The van der Waals surface area contributed by atoms with Gasteiger partial charge in [0, 0.05) is 17.1 Å². The fourth-order valence-electron chi connectivity index (χ4n) is 2.93. The number of aromatic nitrogens is 2. The van der Waals surface area contributed by atoms with E-state index in [0.717, 1.165) is 5.69 Å². The average Bonchev–Trinajstić information content (AvgIpc) is 3.10. The Bertz CT molecular complexity index is 1100. The van der Waals surface area contributed by atoms with Crippen LogP contribution in [0.3, 0.4) is 0 Å². The number of para-hydroxylation sites is 1. The molecule has 2 amide bonds. The quantitative estimate of drug-likeness (QED) is 0.484. The number of anilines is 5. The van der Waals surface area contributed by atoms with Gasteiger partial charge in [-0.05, 0) is 36.4 Å². The molecule has 0 radical (unpaired) electrons. The summed E-state index contributed by atoms with van der Waals surface area (Å²) in [6.45, 7) is 3.78. The molecule has 0 bridgehead atoms. The SMILES string of the molecule is C=CC(=O)Nc1cccc(Nc2nc3c(c(Nc4ccccc4)n2)C(=O)NC3)c1. The molecular formula is C21H18N6O2. The maximum absolute atomic E-state index is 12.2. The number of carbonyl (C=O) groups is 2. The number of nitrogens with one attached hydrogen (secondary N) is 4. The molecule has 3 aromatic rings. The molecule has 8 heteroatoms. The predicted molar refractivity (Wildman–Crippen MR) is 111 cm³/mol. The van der Waals surface area contributed by atoms with Gasteiger partial charge in [-0.3, -0.25) is 9.59 Å². The van der Waals surface area contributed by atoms with Crippen LogP contribution in [0.5, 0.6) is 0 Å². The molecule has 2 heterocycles. The summed E-state index contributed by atoms with van der Waals surface area (Å²) in [5.74, 6) is 0.259. The van der Waals surface area contributed by atoms with Gasteiger partial charge in [0.1, 0.15) is 11.4 Å². The molecule has 4 rings (SSSR count). The normalized spacial score (nSPS) is 11.9. The molecule has 0 fully saturated rings. The molecule has 1 aliphatic heterocycles. The summed E-state index contributed by atoms with van der Waals surface area (Å²) in [5, 5.41) is 11.8. The summed E-state index contributed by atoms with van der Waals surface area (Å²) >= 11 is 0. The number of carbonyl (C=O) groups excluding carboxylic acids is 2. The molecule has 4 N–H and O–H groups in total. The van der Waals surface area contributed by atoms with Crippen molar-refractivity contribution >= 4 is 40.6 Å². The van der Waals surface area contributed by atoms with E-state index in [-0.39, 0.29) is 11.8 Å². The Balaban J connectivity index is 1.64. The van der Waals surface area contributed by atoms with Crippen LogP contribution in [0.4, 0.5) is 28.8 Å². The van der Waals surface area contributed by atoms with E-state index in [9.17, 15) is 9.59 Å². The number of fused-ring (bicyclic) bond motifs is 1. The summed E-state index contributed by atoms with van der Waals surface area (Å²) in [4.78, 5) is 32.7. The minimum atomic E-state index is -0.296. The summed E-state index contributed by atoms with van der Waals surface area (Å²) in [7, 11) is 0. The lowest BCUT2D eigenvalue weighted by atomic mass is 10.2. The molecule has 29 heavy (non-hydrogen) atoms. The Morgan fingerprint density at radius 3 is 2.55 bits per heavy atom. The van der Waals surface area contributed by atoms with Crippen LogP contribution in [-0.4, -0.2) is 21.8 Å². The van der Waals surface area contributed by atoms with E-state index in [1.54, 1.807) is 18.2 Å². The van der Waals surface area contributed by atoms with Gasteiger partial charge in [-0.15, -0.1) is 0 Å². The molecule has 0 saturated carbocycles. The van der Waals surface area contributed by atoms with Gasteiger partial charge in [0.15, 0.2) is 0 Å². The van der Waals surface area contributed by atoms with Crippen molar-refractivity contribution < 1.29 is 9.59 Å². The molecule has 1 aromatic heterocycles. The molecule has 0 aliphatic carbocycles. The van der Waals surface area contributed by atoms with Gasteiger partial charge in [-0.1, -0.05) is 30.8 Å². The van der Waals surface area contributed by atoms with Crippen molar-refractivity contribution in [3.8, 4) is 0 Å². The van der Waals surface area contributed by atoms with E-state index in [4.69, 9.17) is 0 Å². The van der Waals surface area contributed by atoms with Crippen molar-refractivity contribution in [2.24, 2.45) is 0 Å². The van der Waals surface area contributed by atoms with Crippen LogP contribution in [0.25, 0.3) is 0 Å². The Kier molecular flexibility index (Phi) is 4.90. The Morgan fingerprint density at radius 2 is 1.76 bits per heavy atom. The molecule has 0 unspecified atom stereocenters. The van der Waals surface area contributed by atoms with Gasteiger partial charge < -0.3 is 21.3 Å². The summed E-state index contributed by atoms with van der Waals surface area (Å²) < 4.78 is 0. The van der Waals surface area contributed by atoms with E-state index in [1.165, 1.54) is 6.08 Å². The monoisotopic (exact) mass is 386 g/mol. The summed E-state index contributed by atoms with van der Waals surface area (Å²) in [6.07, 6.45) is 1.20. The second-order valence-corrected chi connectivity index (χ2v) is 6.29. The first-order chi connectivity index (χ1) is 14.1. The second kappa shape index (κ2) is 7.81. The van der Waals surface area contributed by atoms with Crippen molar-refractivity contribution in [2.45, 2.75) is 6.54 Å². The zero-order chi connectivity index (χ0) is 20.2. The maximum atomic E-state index is 12.2. The van der Waals surface area contributed by atoms with Crippen molar-refractivity contribution in [3.05, 3.63) is 78.5 Å². The highest BCUT2D eigenvalue weighted by molar-refractivity contribution is 6.03. The molecule has 144 valence electrons. The fourth-order valence-corrected chi connectivity index (χ4v) is 2.93. The molecule has 0 atom stereocenters. The van der Waals surface area contributed by atoms with Gasteiger partial charge in [0.05, 0.1) is 12.2 Å². The van der Waals surface area contributed by atoms with Gasteiger partial charge in [-0.25, -0.2) is 4.98 Å². The molecule has 0 spiro atoms. The van der Waals surface area contributed by atoms with Gasteiger partial charge >= 0.3 is 0 Å². The molecule has 1 aliphatic rings. The van der Waals surface area contributed by atoms with E-state index in [2.05, 4.69) is 37.8 Å². The number of rotatable bonds is 6. The topological polar surface area (TPSA) is 108 Å². The predicted octanol–water partition coefficient (Wildman–Crippen LogP) is 3.33. The summed E-state index contributed by atoms with van der Waals surface area (Å²) in [6, 6.07) is 16.6. The smallest absolute Gasteiger partial charge is 0.257 e. The second-order valence-electron chi connectivity index (χ2n) is 6.29. The molecule has 0 saturated heterocycles. The van der Waals surface area contributed by atoms with Crippen molar-refractivity contribution in [3.63, 3.8) is 0 Å². The van der Waals surface area contributed by atoms with E-state index >= 15 is 0 Å². The molecular weight excluding hydrogens is 368 g/mol. The largest absolute Gasteiger partial charge is 0.346 e. The fraction of sp³-hybridized carbons (Fsp3) is 0.0476. The molecule has 2 aromatic carbocycles. The Labute approximate surface area is 167 Å². The lowest BCUT2D eigenvalue weighted by Gasteiger charge is -2.12. The average molecular weight is 386 g/mol. The number of benzene rings is 2. The van der Waals surface area contributed by atoms with Crippen LogP contribution in [0.2, 0.25) is 0 Å². The van der Waals surface area contributed by atoms with Crippen LogP contribution >= 0.6 is 0 Å². The van der Waals surface area contributed by atoms with Crippen LogP contribution in [0.1, 0.15) is 16.1 Å². The minimum absolute atomic E-state index is 0.209. The van der Waals surface area contributed by atoms with Crippen LogP contribution in [0, 0.1) is 0 Å². The summed E-state index contributed by atoms with van der Waals surface area (Å²) in [5.41, 5.74) is 3.16. The van der Waals surface area contributed by atoms with E-state index in [1.807, 2.05) is 36.4 Å². The van der Waals surface area contributed by atoms with Crippen LogP contribution in [-0.2, 0) is 11.3 Å². The Hall–Kier alpha value is -4.20.